The Morgan fingerprint density at radius 2 is 2.00 bits per heavy atom. The summed E-state index contributed by atoms with van der Waals surface area (Å²) in [6.45, 7) is 4.25. The molecule has 0 aromatic carbocycles. The smallest absolute Gasteiger partial charge is 0.252 e. The van der Waals surface area contributed by atoms with Gasteiger partial charge in [0.25, 0.3) is 5.56 Å². The standard InChI is InChI=1S/C16H22N4O3/c21-14-9-13(17-16(18-14)19-5-7-23-8-6-19)12-3-4-20(10-12)15(22)11-1-2-11/h9,11-12H,1-8,10H2,(H,17,18,21). The predicted octanol–water partition coefficient (Wildman–Crippen LogP) is 0.332. The number of nitrogens with zero attached hydrogens (tertiary/aromatic N) is 3. The molecule has 7 nitrogen and oxygen atoms in total. The number of aromatic amines is 1. The molecule has 124 valence electrons. The number of nitrogens with one attached hydrogen (secondary N) is 1. The van der Waals surface area contributed by atoms with Gasteiger partial charge in [0.15, 0.2) is 0 Å². The van der Waals surface area contributed by atoms with Crippen LogP contribution in [0.2, 0.25) is 0 Å². The van der Waals surface area contributed by atoms with Gasteiger partial charge in [0.1, 0.15) is 0 Å². The van der Waals surface area contributed by atoms with Gasteiger partial charge in [-0.05, 0) is 19.3 Å². The number of hydrogen-bond donors (Lipinski definition) is 1. The van der Waals surface area contributed by atoms with Gasteiger partial charge in [0.2, 0.25) is 11.9 Å². The van der Waals surface area contributed by atoms with Gasteiger partial charge in [-0.15, -0.1) is 0 Å². The molecule has 1 atom stereocenters. The average molecular weight is 318 g/mol. The zero-order chi connectivity index (χ0) is 15.8. The van der Waals surface area contributed by atoms with E-state index in [-0.39, 0.29) is 23.3 Å². The molecule has 2 saturated heterocycles. The van der Waals surface area contributed by atoms with Crippen LogP contribution in [-0.2, 0) is 9.53 Å². The highest BCUT2D eigenvalue weighted by atomic mass is 16.5. The van der Waals surface area contributed by atoms with Gasteiger partial charge >= 0.3 is 0 Å². The van der Waals surface area contributed by atoms with Crippen molar-refractivity contribution < 1.29 is 9.53 Å². The quantitative estimate of drug-likeness (QED) is 0.869. The van der Waals surface area contributed by atoms with Gasteiger partial charge < -0.3 is 14.5 Å². The number of carbonyl (C=O) groups excluding carboxylic acids is 1. The van der Waals surface area contributed by atoms with Crippen molar-refractivity contribution in [3.05, 3.63) is 22.1 Å². The fraction of sp³-hybridized carbons (Fsp3) is 0.688. The van der Waals surface area contributed by atoms with E-state index in [0.29, 0.717) is 25.7 Å². The first kappa shape index (κ1) is 14.7. The van der Waals surface area contributed by atoms with Crippen LogP contribution < -0.4 is 10.5 Å². The molecule has 3 heterocycles. The van der Waals surface area contributed by atoms with Gasteiger partial charge in [-0.25, -0.2) is 4.98 Å². The summed E-state index contributed by atoms with van der Waals surface area (Å²) in [5.74, 6) is 1.33. The second-order valence-electron chi connectivity index (χ2n) is 6.64. The van der Waals surface area contributed by atoms with Crippen LogP contribution >= 0.6 is 0 Å². The van der Waals surface area contributed by atoms with Crippen molar-refractivity contribution in [2.75, 3.05) is 44.3 Å². The topological polar surface area (TPSA) is 78.5 Å². The van der Waals surface area contributed by atoms with Gasteiger partial charge in [-0.2, -0.15) is 0 Å². The molecule has 1 aliphatic carbocycles. The zero-order valence-electron chi connectivity index (χ0n) is 13.2. The summed E-state index contributed by atoms with van der Waals surface area (Å²) in [6.07, 6.45) is 2.95. The molecule has 1 saturated carbocycles. The first-order chi connectivity index (χ1) is 11.2. The predicted molar refractivity (Wildman–Crippen MR) is 84.6 cm³/mol. The van der Waals surface area contributed by atoms with Crippen LogP contribution in [0.5, 0.6) is 0 Å². The van der Waals surface area contributed by atoms with Crippen LogP contribution in [0.3, 0.4) is 0 Å². The number of H-pyrrole nitrogens is 1. The minimum atomic E-state index is -0.122. The van der Waals surface area contributed by atoms with E-state index < -0.39 is 0 Å². The van der Waals surface area contributed by atoms with Crippen LogP contribution in [0, 0.1) is 5.92 Å². The number of anilines is 1. The number of aromatic nitrogens is 2. The largest absolute Gasteiger partial charge is 0.378 e. The van der Waals surface area contributed by atoms with E-state index in [1.54, 1.807) is 6.07 Å². The molecular weight excluding hydrogens is 296 g/mol. The van der Waals surface area contributed by atoms with E-state index in [4.69, 9.17) is 4.74 Å². The Balaban J connectivity index is 1.51. The Morgan fingerprint density at radius 3 is 2.74 bits per heavy atom. The SMILES string of the molecule is O=C(C1CC1)N1CCC(c2cc(=O)[nH]c(N3CCOCC3)n2)C1. The van der Waals surface area contributed by atoms with E-state index >= 15 is 0 Å². The Hall–Kier alpha value is -1.89. The zero-order valence-corrected chi connectivity index (χ0v) is 13.2. The number of ether oxygens (including phenoxy) is 1. The number of carbonyl (C=O) groups is 1. The van der Waals surface area contributed by atoms with E-state index in [9.17, 15) is 9.59 Å². The summed E-state index contributed by atoms with van der Waals surface area (Å²) >= 11 is 0. The molecule has 0 radical (unpaired) electrons. The van der Waals surface area contributed by atoms with Crippen molar-refractivity contribution in [3.8, 4) is 0 Å². The summed E-state index contributed by atoms with van der Waals surface area (Å²) in [5.41, 5.74) is 0.685. The molecule has 1 amide bonds. The third-order valence-corrected chi connectivity index (χ3v) is 4.90. The Labute approximate surface area is 134 Å². The fourth-order valence-electron chi connectivity index (χ4n) is 3.39. The fourth-order valence-corrected chi connectivity index (χ4v) is 3.39. The van der Waals surface area contributed by atoms with Crippen molar-refractivity contribution in [1.82, 2.24) is 14.9 Å². The van der Waals surface area contributed by atoms with Crippen molar-refractivity contribution in [2.24, 2.45) is 5.92 Å². The van der Waals surface area contributed by atoms with Crippen molar-refractivity contribution in [2.45, 2.75) is 25.2 Å². The summed E-state index contributed by atoms with van der Waals surface area (Å²) in [5, 5.41) is 0. The minimum Gasteiger partial charge on any atom is -0.378 e. The van der Waals surface area contributed by atoms with Gasteiger partial charge in [-0.1, -0.05) is 0 Å². The summed E-state index contributed by atoms with van der Waals surface area (Å²) in [7, 11) is 0. The lowest BCUT2D eigenvalue weighted by Crippen LogP contribution is -2.38. The van der Waals surface area contributed by atoms with Crippen molar-refractivity contribution >= 4 is 11.9 Å². The third kappa shape index (κ3) is 3.10. The van der Waals surface area contributed by atoms with Gasteiger partial charge in [0, 0.05) is 44.1 Å². The number of morpholine rings is 1. The highest BCUT2D eigenvalue weighted by Crippen LogP contribution is 2.34. The molecule has 2 aliphatic heterocycles. The lowest BCUT2D eigenvalue weighted by atomic mass is 10.1. The van der Waals surface area contributed by atoms with Crippen LogP contribution in [0.15, 0.2) is 10.9 Å². The van der Waals surface area contributed by atoms with Crippen molar-refractivity contribution in [1.29, 1.82) is 0 Å². The molecule has 1 aromatic heterocycles. The van der Waals surface area contributed by atoms with Crippen LogP contribution in [0.1, 0.15) is 30.9 Å². The molecule has 1 N–H and O–H groups in total. The molecule has 3 aliphatic rings. The number of rotatable bonds is 3. The summed E-state index contributed by atoms with van der Waals surface area (Å²) in [6, 6.07) is 1.58. The highest BCUT2D eigenvalue weighted by Gasteiger charge is 2.37. The molecule has 1 unspecified atom stereocenters. The summed E-state index contributed by atoms with van der Waals surface area (Å²) in [4.78, 5) is 35.7. The molecule has 4 rings (SSSR count). The maximum atomic E-state index is 12.2. The molecule has 7 heteroatoms. The van der Waals surface area contributed by atoms with Crippen molar-refractivity contribution in [3.63, 3.8) is 0 Å². The summed E-state index contributed by atoms with van der Waals surface area (Å²) < 4.78 is 5.34. The van der Waals surface area contributed by atoms with Crippen LogP contribution in [-0.4, -0.2) is 60.2 Å². The maximum absolute atomic E-state index is 12.2. The maximum Gasteiger partial charge on any atom is 0.252 e. The molecular formula is C16H22N4O3. The molecule has 1 aromatic rings. The lowest BCUT2D eigenvalue weighted by molar-refractivity contribution is -0.131. The Kier molecular flexibility index (Phi) is 3.80. The molecule has 0 bridgehead atoms. The second kappa shape index (κ2) is 5.96. The molecule has 3 fully saturated rings. The molecule has 0 spiro atoms. The number of hydrogen-bond acceptors (Lipinski definition) is 5. The monoisotopic (exact) mass is 318 g/mol. The van der Waals surface area contributed by atoms with E-state index in [1.165, 1.54) is 0 Å². The Bertz CT molecular complexity index is 649. The third-order valence-electron chi connectivity index (χ3n) is 4.90. The van der Waals surface area contributed by atoms with Gasteiger partial charge in [-0.3, -0.25) is 14.6 Å². The lowest BCUT2D eigenvalue weighted by Gasteiger charge is -2.27. The highest BCUT2D eigenvalue weighted by molar-refractivity contribution is 5.81. The number of likely N-dealkylation sites (tertiary alicyclic amines) is 1. The normalized spacial score (nSPS) is 25.0. The molecule has 23 heavy (non-hydrogen) atoms. The van der Waals surface area contributed by atoms with Crippen LogP contribution in [0.4, 0.5) is 5.95 Å². The van der Waals surface area contributed by atoms with Crippen LogP contribution in [0.25, 0.3) is 0 Å². The van der Waals surface area contributed by atoms with E-state index in [0.717, 1.165) is 44.6 Å². The first-order valence-electron chi connectivity index (χ1n) is 8.43. The van der Waals surface area contributed by atoms with E-state index in [1.807, 2.05) is 4.90 Å². The minimum absolute atomic E-state index is 0.122. The van der Waals surface area contributed by atoms with E-state index in [2.05, 4.69) is 14.9 Å². The Morgan fingerprint density at radius 1 is 1.22 bits per heavy atom. The van der Waals surface area contributed by atoms with Gasteiger partial charge in [0.05, 0.1) is 18.9 Å². The second-order valence-corrected chi connectivity index (χ2v) is 6.64. The average Bonchev–Trinajstić information content (AvgIpc) is 3.31. The first-order valence-corrected chi connectivity index (χ1v) is 8.43. The number of amides is 1.